The van der Waals surface area contributed by atoms with E-state index in [1.54, 1.807) is 19.6 Å². The molecule has 0 saturated carbocycles. The van der Waals surface area contributed by atoms with Gasteiger partial charge in [0.25, 0.3) is 5.91 Å². The lowest BCUT2D eigenvalue weighted by molar-refractivity contribution is 0.0792. The second kappa shape index (κ2) is 8.15. The van der Waals surface area contributed by atoms with Crippen molar-refractivity contribution < 1.29 is 13.9 Å². The van der Waals surface area contributed by atoms with Gasteiger partial charge in [0, 0.05) is 25.0 Å². The number of carbonyl (C=O) groups excluding carboxylic acids is 1. The Labute approximate surface area is 186 Å². The molecule has 5 rings (SSSR count). The topological polar surface area (TPSA) is 73.4 Å². The Morgan fingerprint density at radius 3 is 2.72 bits per heavy atom. The van der Waals surface area contributed by atoms with Crippen molar-refractivity contribution in [3.8, 4) is 17.2 Å². The minimum atomic E-state index is 0.00419. The van der Waals surface area contributed by atoms with E-state index in [4.69, 9.17) is 14.1 Å². The standard InChI is InChI=1S/C25H26N4O3/c1-16(2)29-24-21(14-26-29)20(13-22(27-24)23-5-4-12-32-23)25(30)28-11-10-18(15-28)17-6-8-19(31-3)9-7-17/h4-9,12-14,16,18H,10-11,15H2,1-3H3. The van der Waals surface area contributed by atoms with E-state index in [0.29, 0.717) is 41.7 Å². The molecule has 0 bridgehead atoms. The Morgan fingerprint density at radius 2 is 2.03 bits per heavy atom. The Hall–Kier alpha value is -3.61. The molecule has 1 amide bonds. The number of pyridine rings is 1. The third-order valence-corrected chi connectivity index (χ3v) is 6.12. The van der Waals surface area contributed by atoms with E-state index in [9.17, 15) is 4.79 Å². The monoisotopic (exact) mass is 430 g/mol. The van der Waals surface area contributed by atoms with Crippen LogP contribution >= 0.6 is 0 Å². The summed E-state index contributed by atoms with van der Waals surface area (Å²) in [6.45, 7) is 5.50. The number of ether oxygens (including phenoxy) is 1. The van der Waals surface area contributed by atoms with Gasteiger partial charge in [0.05, 0.1) is 30.5 Å². The van der Waals surface area contributed by atoms with Crippen molar-refractivity contribution in [1.29, 1.82) is 0 Å². The molecule has 0 spiro atoms. The summed E-state index contributed by atoms with van der Waals surface area (Å²) in [5, 5.41) is 5.28. The van der Waals surface area contributed by atoms with Crippen molar-refractivity contribution in [2.45, 2.75) is 32.2 Å². The summed E-state index contributed by atoms with van der Waals surface area (Å²) >= 11 is 0. The van der Waals surface area contributed by atoms with E-state index in [0.717, 1.165) is 17.6 Å². The highest BCUT2D eigenvalue weighted by molar-refractivity contribution is 6.06. The summed E-state index contributed by atoms with van der Waals surface area (Å²) in [5.74, 6) is 1.79. The molecule has 1 saturated heterocycles. The molecule has 3 aromatic heterocycles. The van der Waals surface area contributed by atoms with Gasteiger partial charge < -0.3 is 14.1 Å². The van der Waals surface area contributed by atoms with E-state index >= 15 is 0 Å². The number of methoxy groups -OCH3 is 1. The molecule has 1 aromatic carbocycles. The zero-order valence-electron chi connectivity index (χ0n) is 18.5. The van der Waals surface area contributed by atoms with Crippen LogP contribution in [0.2, 0.25) is 0 Å². The number of carbonyl (C=O) groups is 1. The molecule has 1 aliphatic rings. The van der Waals surface area contributed by atoms with Crippen LogP contribution in [0.4, 0.5) is 0 Å². The van der Waals surface area contributed by atoms with E-state index in [2.05, 4.69) is 31.1 Å². The first-order valence-electron chi connectivity index (χ1n) is 10.9. The SMILES string of the molecule is COc1ccc(C2CCN(C(=O)c3cc(-c4ccco4)nc4c3cnn4C(C)C)C2)cc1. The van der Waals surface area contributed by atoms with Crippen LogP contribution in [0.1, 0.15) is 48.1 Å². The normalized spacial score (nSPS) is 16.2. The fourth-order valence-electron chi connectivity index (χ4n) is 4.39. The predicted molar refractivity (Wildman–Crippen MR) is 122 cm³/mol. The zero-order chi connectivity index (χ0) is 22.2. The number of benzene rings is 1. The maximum absolute atomic E-state index is 13.6. The van der Waals surface area contributed by atoms with Gasteiger partial charge in [-0.05, 0) is 56.2 Å². The summed E-state index contributed by atoms with van der Waals surface area (Å²) in [4.78, 5) is 20.4. The highest BCUT2D eigenvalue weighted by atomic mass is 16.5. The summed E-state index contributed by atoms with van der Waals surface area (Å²) in [5.41, 5.74) is 3.18. The number of hydrogen-bond acceptors (Lipinski definition) is 5. The number of likely N-dealkylation sites (tertiary alicyclic amines) is 1. The largest absolute Gasteiger partial charge is 0.497 e. The number of rotatable bonds is 5. The summed E-state index contributed by atoms with van der Waals surface area (Å²) in [6, 6.07) is 13.8. The molecule has 1 aliphatic heterocycles. The first-order chi connectivity index (χ1) is 15.5. The molecule has 164 valence electrons. The molecular formula is C25H26N4O3. The highest BCUT2D eigenvalue weighted by Crippen LogP contribution is 2.32. The zero-order valence-corrected chi connectivity index (χ0v) is 18.5. The first kappa shape index (κ1) is 20.3. The van der Waals surface area contributed by atoms with Gasteiger partial charge in [0.2, 0.25) is 0 Å². The number of hydrogen-bond donors (Lipinski definition) is 0. The maximum atomic E-state index is 13.6. The van der Waals surface area contributed by atoms with Gasteiger partial charge in [0.1, 0.15) is 11.4 Å². The van der Waals surface area contributed by atoms with Gasteiger partial charge in [0.15, 0.2) is 11.4 Å². The molecule has 4 heterocycles. The van der Waals surface area contributed by atoms with Gasteiger partial charge in [-0.2, -0.15) is 5.10 Å². The predicted octanol–water partition coefficient (Wildman–Crippen LogP) is 4.91. The molecule has 0 N–H and O–H groups in total. The third kappa shape index (κ3) is 3.53. The highest BCUT2D eigenvalue weighted by Gasteiger charge is 2.30. The summed E-state index contributed by atoms with van der Waals surface area (Å²) < 4.78 is 12.7. The molecule has 0 radical (unpaired) electrons. The molecule has 1 fully saturated rings. The average Bonchev–Trinajstić information content (AvgIpc) is 3.58. The van der Waals surface area contributed by atoms with Gasteiger partial charge in [-0.3, -0.25) is 4.79 Å². The van der Waals surface area contributed by atoms with Crippen molar-refractivity contribution >= 4 is 16.9 Å². The fourth-order valence-corrected chi connectivity index (χ4v) is 4.39. The van der Waals surface area contributed by atoms with Gasteiger partial charge in [-0.1, -0.05) is 12.1 Å². The Balaban J connectivity index is 1.49. The lowest BCUT2D eigenvalue weighted by Crippen LogP contribution is -2.28. The average molecular weight is 431 g/mol. The molecule has 7 nitrogen and oxygen atoms in total. The van der Waals surface area contributed by atoms with Gasteiger partial charge >= 0.3 is 0 Å². The van der Waals surface area contributed by atoms with Crippen LogP contribution in [0, 0.1) is 0 Å². The number of aromatic nitrogens is 3. The van der Waals surface area contributed by atoms with E-state index in [1.165, 1.54) is 5.56 Å². The molecule has 0 aliphatic carbocycles. The van der Waals surface area contributed by atoms with Crippen LogP contribution in [-0.4, -0.2) is 45.8 Å². The number of nitrogens with zero attached hydrogens (tertiary/aromatic N) is 4. The van der Waals surface area contributed by atoms with Crippen LogP contribution in [0.3, 0.4) is 0 Å². The van der Waals surface area contributed by atoms with Crippen LogP contribution in [0.5, 0.6) is 5.75 Å². The maximum Gasteiger partial charge on any atom is 0.254 e. The number of furan rings is 1. The van der Waals surface area contributed by atoms with E-state index in [1.807, 2.05) is 39.9 Å². The second-order valence-corrected chi connectivity index (χ2v) is 8.46. The van der Waals surface area contributed by atoms with Crippen LogP contribution in [-0.2, 0) is 0 Å². The third-order valence-electron chi connectivity index (χ3n) is 6.12. The number of amides is 1. The lowest BCUT2D eigenvalue weighted by Gasteiger charge is -2.18. The summed E-state index contributed by atoms with van der Waals surface area (Å²) in [6.07, 6.45) is 4.30. The summed E-state index contributed by atoms with van der Waals surface area (Å²) in [7, 11) is 1.67. The van der Waals surface area contributed by atoms with Crippen molar-refractivity contribution in [3.05, 3.63) is 66.1 Å². The van der Waals surface area contributed by atoms with Crippen LogP contribution in [0.15, 0.2) is 59.3 Å². The minimum absolute atomic E-state index is 0.00419. The van der Waals surface area contributed by atoms with Crippen LogP contribution in [0.25, 0.3) is 22.5 Å². The van der Waals surface area contributed by atoms with Crippen molar-refractivity contribution in [1.82, 2.24) is 19.7 Å². The molecule has 1 atom stereocenters. The Bertz CT molecular complexity index is 1240. The number of fused-ring (bicyclic) bond motifs is 1. The minimum Gasteiger partial charge on any atom is -0.497 e. The van der Waals surface area contributed by atoms with Crippen LogP contribution < -0.4 is 4.74 Å². The second-order valence-electron chi connectivity index (χ2n) is 8.46. The van der Waals surface area contributed by atoms with Crippen molar-refractivity contribution in [2.24, 2.45) is 0 Å². The molecule has 7 heteroatoms. The lowest BCUT2D eigenvalue weighted by atomic mass is 9.98. The van der Waals surface area contributed by atoms with Gasteiger partial charge in [-0.15, -0.1) is 0 Å². The Morgan fingerprint density at radius 1 is 1.22 bits per heavy atom. The molecular weight excluding hydrogens is 404 g/mol. The molecule has 32 heavy (non-hydrogen) atoms. The van der Waals surface area contributed by atoms with Crippen molar-refractivity contribution in [2.75, 3.05) is 20.2 Å². The van der Waals surface area contributed by atoms with E-state index < -0.39 is 0 Å². The van der Waals surface area contributed by atoms with E-state index in [-0.39, 0.29) is 11.9 Å². The Kier molecular flexibility index (Phi) is 5.17. The van der Waals surface area contributed by atoms with Gasteiger partial charge in [-0.25, -0.2) is 9.67 Å². The molecule has 4 aromatic rings. The smallest absolute Gasteiger partial charge is 0.254 e. The fraction of sp³-hybridized carbons (Fsp3) is 0.320. The quantitative estimate of drug-likeness (QED) is 0.450. The molecule has 1 unspecified atom stereocenters. The van der Waals surface area contributed by atoms with Crippen molar-refractivity contribution in [3.63, 3.8) is 0 Å². The first-order valence-corrected chi connectivity index (χ1v) is 10.9.